The highest BCUT2D eigenvalue weighted by Crippen LogP contribution is 2.28. The van der Waals surface area contributed by atoms with Gasteiger partial charge in [-0.1, -0.05) is 16.8 Å². The highest BCUT2D eigenvalue weighted by molar-refractivity contribution is 6.34. The number of benzene rings is 1. The Hall–Kier alpha value is -1.42. The molecule has 5 heteroatoms. The topological polar surface area (TPSA) is 61.8 Å². The Labute approximate surface area is 112 Å². The standard InChI is InChI=1S/C13H18ClN3O/c1-9-4-2-3-7-17(9)10-5-6-11(12(14)8-10)13(15)16-18/h5-6,8-9,18H,2-4,7H2,1H3,(H2,15,16). The minimum absolute atomic E-state index is 0.0400. The maximum atomic E-state index is 8.67. The van der Waals surface area contributed by atoms with Gasteiger partial charge in [0.1, 0.15) is 0 Å². The molecule has 1 heterocycles. The minimum Gasteiger partial charge on any atom is -0.409 e. The van der Waals surface area contributed by atoms with Crippen molar-refractivity contribution in [1.82, 2.24) is 0 Å². The molecule has 1 aliphatic heterocycles. The maximum absolute atomic E-state index is 8.67. The number of rotatable bonds is 2. The molecular weight excluding hydrogens is 250 g/mol. The van der Waals surface area contributed by atoms with Gasteiger partial charge >= 0.3 is 0 Å². The van der Waals surface area contributed by atoms with E-state index >= 15 is 0 Å². The largest absolute Gasteiger partial charge is 0.409 e. The van der Waals surface area contributed by atoms with E-state index in [0.717, 1.165) is 12.2 Å². The molecule has 18 heavy (non-hydrogen) atoms. The van der Waals surface area contributed by atoms with Crippen LogP contribution in [0.15, 0.2) is 23.4 Å². The van der Waals surface area contributed by atoms with Gasteiger partial charge in [0.05, 0.1) is 5.02 Å². The first-order valence-electron chi connectivity index (χ1n) is 6.17. The highest BCUT2D eigenvalue weighted by atomic mass is 35.5. The van der Waals surface area contributed by atoms with Crippen LogP contribution in [0, 0.1) is 0 Å². The van der Waals surface area contributed by atoms with Crippen LogP contribution in [-0.4, -0.2) is 23.6 Å². The molecule has 1 aromatic rings. The lowest BCUT2D eigenvalue weighted by Gasteiger charge is -2.35. The predicted octanol–water partition coefficient (Wildman–Crippen LogP) is 2.81. The fourth-order valence-electron chi connectivity index (χ4n) is 2.43. The number of hydrogen-bond acceptors (Lipinski definition) is 3. The van der Waals surface area contributed by atoms with E-state index in [9.17, 15) is 0 Å². The summed E-state index contributed by atoms with van der Waals surface area (Å²) < 4.78 is 0. The fourth-order valence-corrected chi connectivity index (χ4v) is 2.70. The van der Waals surface area contributed by atoms with Gasteiger partial charge in [0, 0.05) is 23.8 Å². The van der Waals surface area contributed by atoms with Gasteiger partial charge in [-0.05, 0) is 44.4 Å². The minimum atomic E-state index is 0.0400. The summed E-state index contributed by atoms with van der Waals surface area (Å²) in [7, 11) is 0. The van der Waals surface area contributed by atoms with E-state index in [2.05, 4.69) is 17.0 Å². The van der Waals surface area contributed by atoms with Crippen molar-refractivity contribution in [2.45, 2.75) is 32.2 Å². The van der Waals surface area contributed by atoms with Gasteiger partial charge in [0.25, 0.3) is 0 Å². The predicted molar refractivity (Wildman–Crippen MR) is 74.6 cm³/mol. The summed E-state index contributed by atoms with van der Waals surface area (Å²) in [5.74, 6) is 0.0400. The van der Waals surface area contributed by atoms with E-state index in [1.807, 2.05) is 12.1 Å². The fraction of sp³-hybridized carbons (Fsp3) is 0.462. The van der Waals surface area contributed by atoms with Crippen LogP contribution in [-0.2, 0) is 0 Å². The lowest BCUT2D eigenvalue weighted by molar-refractivity contribution is 0.318. The Morgan fingerprint density at radius 3 is 2.89 bits per heavy atom. The molecular formula is C13H18ClN3O. The van der Waals surface area contributed by atoms with Crippen molar-refractivity contribution in [2.24, 2.45) is 10.9 Å². The summed E-state index contributed by atoms with van der Waals surface area (Å²) in [5.41, 5.74) is 7.21. The zero-order chi connectivity index (χ0) is 13.1. The van der Waals surface area contributed by atoms with E-state index in [-0.39, 0.29) is 5.84 Å². The molecule has 1 fully saturated rings. The molecule has 1 aromatic carbocycles. The number of anilines is 1. The molecule has 3 N–H and O–H groups in total. The molecule has 1 aliphatic rings. The highest BCUT2D eigenvalue weighted by Gasteiger charge is 2.19. The van der Waals surface area contributed by atoms with Crippen LogP contribution in [0.3, 0.4) is 0 Å². The smallest absolute Gasteiger partial charge is 0.171 e. The van der Waals surface area contributed by atoms with Gasteiger partial charge in [0.15, 0.2) is 5.84 Å². The van der Waals surface area contributed by atoms with Gasteiger partial charge in [-0.25, -0.2) is 0 Å². The number of hydrogen-bond donors (Lipinski definition) is 2. The molecule has 0 radical (unpaired) electrons. The summed E-state index contributed by atoms with van der Waals surface area (Å²) in [5, 5.41) is 12.2. The van der Waals surface area contributed by atoms with Crippen LogP contribution >= 0.6 is 11.6 Å². The van der Waals surface area contributed by atoms with Crippen molar-refractivity contribution in [2.75, 3.05) is 11.4 Å². The second-order valence-corrected chi connectivity index (χ2v) is 5.09. The third kappa shape index (κ3) is 2.53. The number of nitrogens with zero attached hydrogens (tertiary/aromatic N) is 2. The number of amidine groups is 1. The average molecular weight is 268 g/mol. The SMILES string of the molecule is CC1CCCCN1c1ccc(C(N)=NO)c(Cl)c1. The summed E-state index contributed by atoms with van der Waals surface area (Å²) in [6.07, 6.45) is 3.71. The molecule has 1 saturated heterocycles. The molecule has 1 unspecified atom stereocenters. The van der Waals surface area contributed by atoms with E-state index in [4.69, 9.17) is 22.5 Å². The zero-order valence-electron chi connectivity index (χ0n) is 10.4. The van der Waals surface area contributed by atoms with Crippen LogP contribution in [0.25, 0.3) is 0 Å². The van der Waals surface area contributed by atoms with E-state index in [0.29, 0.717) is 16.6 Å². The average Bonchev–Trinajstić information content (AvgIpc) is 2.38. The Morgan fingerprint density at radius 1 is 1.50 bits per heavy atom. The first kappa shape index (κ1) is 13.0. The first-order chi connectivity index (χ1) is 8.63. The molecule has 0 spiro atoms. The number of oxime groups is 1. The van der Waals surface area contributed by atoms with E-state index < -0.39 is 0 Å². The molecule has 4 nitrogen and oxygen atoms in total. The van der Waals surface area contributed by atoms with Crippen molar-refractivity contribution < 1.29 is 5.21 Å². The molecule has 0 bridgehead atoms. The summed E-state index contributed by atoms with van der Waals surface area (Å²) in [6, 6.07) is 6.19. The Morgan fingerprint density at radius 2 is 2.28 bits per heavy atom. The number of piperidine rings is 1. The Balaban J connectivity index is 2.28. The second kappa shape index (κ2) is 5.48. The van der Waals surface area contributed by atoms with Crippen molar-refractivity contribution in [3.63, 3.8) is 0 Å². The number of halogens is 1. The zero-order valence-corrected chi connectivity index (χ0v) is 11.2. The van der Waals surface area contributed by atoms with Crippen LogP contribution in [0.4, 0.5) is 5.69 Å². The maximum Gasteiger partial charge on any atom is 0.171 e. The molecule has 2 rings (SSSR count). The van der Waals surface area contributed by atoms with Crippen molar-refractivity contribution >= 4 is 23.1 Å². The van der Waals surface area contributed by atoms with Crippen molar-refractivity contribution in [1.29, 1.82) is 0 Å². The van der Waals surface area contributed by atoms with Gasteiger partial charge in [-0.3, -0.25) is 0 Å². The van der Waals surface area contributed by atoms with Gasteiger partial charge in [-0.15, -0.1) is 0 Å². The summed E-state index contributed by atoms with van der Waals surface area (Å²) in [6.45, 7) is 3.28. The van der Waals surface area contributed by atoms with Gasteiger partial charge < -0.3 is 15.8 Å². The molecule has 98 valence electrons. The lowest BCUT2D eigenvalue weighted by Crippen LogP contribution is -2.37. The van der Waals surface area contributed by atoms with Crippen LogP contribution < -0.4 is 10.6 Å². The molecule has 0 aromatic heterocycles. The monoisotopic (exact) mass is 267 g/mol. The summed E-state index contributed by atoms with van der Waals surface area (Å²) >= 11 is 6.17. The molecule has 0 saturated carbocycles. The van der Waals surface area contributed by atoms with Crippen LogP contribution in [0.1, 0.15) is 31.7 Å². The first-order valence-corrected chi connectivity index (χ1v) is 6.55. The second-order valence-electron chi connectivity index (χ2n) is 4.69. The Kier molecular flexibility index (Phi) is 3.97. The molecule has 1 atom stereocenters. The third-order valence-electron chi connectivity index (χ3n) is 3.47. The van der Waals surface area contributed by atoms with Gasteiger partial charge in [0.2, 0.25) is 0 Å². The van der Waals surface area contributed by atoms with Crippen molar-refractivity contribution in [3.8, 4) is 0 Å². The van der Waals surface area contributed by atoms with E-state index in [1.165, 1.54) is 19.3 Å². The van der Waals surface area contributed by atoms with Crippen molar-refractivity contribution in [3.05, 3.63) is 28.8 Å². The van der Waals surface area contributed by atoms with Gasteiger partial charge in [-0.2, -0.15) is 0 Å². The molecule has 0 amide bonds. The van der Waals surface area contributed by atoms with E-state index in [1.54, 1.807) is 6.07 Å². The number of nitrogens with two attached hydrogens (primary N) is 1. The quantitative estimate of drug-likeness (QED) is 0.375. The lowest BCUT2D eigenvalue weighted by atomic mass is 10.0. The summed E-state index contributed by atoms with van der Waals surface area (Å²) in [4.78, 5) is 2.35. The molecule has 0 aliphatic carbocycles. The van der Waals surface area contributed by atoms with Crippen LogP contribution in [0.5, 0.6) is 0 Å². The Bertz CT molecular complexity index is 462. The van der Waals surface area contributed by atoms with Crippen LogP contribution in [0.2, 0.25) is 5.02 Å². The third-order valence-corrected chi connectivity index (χ3v) is 3.78. The normalized spacial score (nSPS) is 21.1.